The van der Waals surface area contributed by atoms with Crippen molar-refractivity contribution in [2.75, 3.05) is 0 Å². The predicted octanol–water partition coefficient (Wildman–Crippen LogP) is 3.62. The molecule has 2 heterocycles. The van der Waals surface area contributed by atoms with Crippen molar-refractivity contribution >= 4 is 16.9 Å². The Labute approximate surface area is 129 Å². The maximum Gasteiger partial charge on any atom is 0.251 e. The molecule has 2 N–H and O–H groups in total. The fourth-order valence-corrected chi connectivity index (χ4v) is 2.46. The molecule has 0 radical (unpaired) electrons. The van der Waals surface area contributed by atoms with E-state index >= 15 is 0 Å². The van der Waals surface area contributed by atoms with E-state index in [1.807, 2.05) is 42.6 Å². The number of nitrogens with zero attached hydrogens (tertiary/aromatic N) is 1. The van der Waals surface area contributed by atoms with Crippen LogP contribution in [0.1, 0.15) is 41.3 Å². The molecule has 112 valence electrons. The maximum atomic E-state index is 12.2. The summed E-state index contributed by atoms with van der Waals surface area (Å²) in [7, 11) is 0. The number of hydrogen-bond donors (Lipinski definition) is 2. The fourth-order valence-electron chi connectivity index (χ4n) is 2.46. The molecule has 0 unspecified atom stereocenters. The van der Waals surface area contributed by atoms with Crippen molar-refractivity contribution in [1.29, 1.82) is 0 Å². The Bertz CT molecular complexity index is 787. The van der Waals surface area contributed by atoms with Crippen molar-refractivity contribution in [1.82, 2.24) is 15.3 Å². The zero-order chi connectivity index (χ0) is 15.5. The van der Waals surface area contributed by atoms with Gasteiger partial charge in [-0.15, -0.1) is 0 Å². The number of carbonyl (C=O) groups excluding carboxylic acids is 1. The zero-order valence-electron chi connectivity index (χ0n) is 12.8. The molecule has 0 bridgehead atoms. The number of rotatable bonds is 4. The van der Waals surface area contributed by atoms with Crippen LogP contribution in [-0.4, -0.2) is 15.9 Å². The van der Waals surface area contributed by atoms with Gasteiger partial charge in [-0.05, 0) is 41.3 Å². The molecule has 0 saturated heterocycles. The number of fused-ring (bicyclic) bond motifs is 1. The van der Waals surface area contributed by atoms with Crippen LogP contribution in [-0.2, 0) is 6.54 Å². The minimum absolute atomic E-state index is 0.0615. The Morgan fingerprint density at radius 1 is 1.23 bits per heavy atom. The standard InChI is InChI=1S/C18H19N3O/c1-12(2)13-5-7-14(8-6-13)18(22)21-11-15-10-20-17-16(15)4-3-9-19-17/h3-10,12H,11H2,1-2H3,(H,19,20)(H,21,22). The summed E-state index contributed by atoms with van der Waals surface area (Å²) < 4.78 is 0. The molecule has 0 aliphatic rings. The van der Waals surface area contributed by atoms with Crippen LogP contribution in [0.25, 0.3) is 11.0 Å². The molecule has 1 amide bonds. The summed E-state index contributed by atoms with van der Waals surface area (Å²) in [5, 5.41) is 4.00. The van der Waals surface area contributed by atoms with Crippen molar-refractivity contribution < 1.29 is 4.79 Å². The molecular formula is C18H19N3O. The molecule has 1 aromatic carbocycles. The number of amides is 1. The second-order valence-corrected chi connectivity index (χ2v) is 5.67. The second-order valence-electron chi connectivity index (χ2n) is 5.67. The van der Waals surface area contributed by atoms with Crippen LogP contribution in [0.5, 0.6) is 0 Å². The number of hydrogen-bond acceptors (Lipinski definition) is 2. The van der Waals surface area contributed by atoms with Gasteiger partial charge >= 0.3 is 0 Å². The van der Waals surface area contributed by atoms with Gasteiger partial charge in [0.25, 0.3) is 5.91 Å². The lowest BCUT2D eigenvalue weighted by Gasteiger charge is -2.07. The Balaban J connectivity index is 1.69. The summed E-state index contributed by atoms with van der Waals surface area (Å²) in [5.74, 6) is 0.407. The first kappa shape index (κ1) is 14.3. The molecule has 4 heteroatoms. The van der Waals surface area contributed by atoms with Crippen molar-refractivity contribution in [2.24, 2.45) is 0 Å². The number of nitrogens with one attached hydrogen (secondary N) is 2. The van der Waals surface area contributed by atoms with E-state index in [2.05, 4.69) is 29.1 Å². The number of pyridine rings is 1. The van der Waals surface area contributed by atoms with E-state index < -0.39 is 0 Å². The molecule has 0 atom stereocenters. The highest BCUT2D eigenvalue weighted by Gasteiger charge is 2.08. The highest BCUT2D eigenvalue weighted by molar-refractivity contribution is 5.94. The van der Waals surface area contributed by atoms with E-state index in [4.69, 9.17) is 0 Å². The molecule has 2 aromatic heterocycles. The summed E-state index contributed by atoms with van der Waals surface area (Å²) in [6.45, 7) is 4.76. The van der Waals surface area contributed by atoms with E-state index in [0.717, 1.165) is 16.6 Å². The van der Waals surface area contributed by atoms with E-state index in [1.54, 1.807) is 6.20 Å². The van der Waals surface area contributed by atoms with Crippen LogP contribution in [0.15, 0.2) is 48.8 Å². The topological polar surface area (TPSA) is 57.8 Å². The average molecular weight is 293 g/mol. The van der Waals surface area contributed by atoms with Crippen molar-refractivity contribution in [2.45, 2.75) is 26.3 Å². The fraction of sp³-hybridized carbons (Fsp3) is 0.222. The Hall–Kier alpha value is -2.62. The number of aromatic nitrogens is 2. The Morgan fingerprint density at radius 2 is 2.00 bits per heavy atom. The lowest BCUT2D eigenvalue weighted by Crippen LogP contribution is -2.22. The predicted molar refractivity (Wildman–Crippen MR) is 87.8 cm³/mol. The normalized spacial score (nSPS) is 11.0. The molecule has 0 spiro atoms. The van der Waals surface area contributed by atoms with Gasteiger partial charge in [0.15, 0.2) is 0 Å². The highest BCUT2D eigenvalue weighted by Crippen LogP contribution is 2.16. The lowest BCUT2D eigenvalue weighted by molar-refractivity contribution is 0.0951. The average Bonchev–Trinajstić information content (AvgIpc) is 2.96. The molecule has 3 aromatic rings. The molecule has 0 aliphatic carbocycles. The number of benzene rings is 1. The summed E-state index contributed by atoms with van der Waals surface area (Å²) in [4.78, 5) is 19.6. The van der Waals surface area contributed by atoms with Gasteiger partial charge in [0.05, 0.1) is 0 Å². The van der Waals surface area contributed by atoms with Gasteiger partial charge in [-0.3, -0.25) is 4.79 Å². The first-order chi connectivity index (χ1) is 10.6. The number of aromatic amines is 1. The molecular weight excluding hydrogens is 274 g/mol. The van der Waals surface area contributed by atoms with Crippen LogP contribution >= 0.6 is 0 Å². The van der Waals surface area contributed by atoms with Gasteiger partial charge in [-0.1, -0.05) is 26.0 Å². The van der Waals surface area contributed by atoms with Gasteiger partial charge in [0.2, 0.25) is 0 Å². The van der Waals surface area contributed by atoms with Gasteiger partial charge in [-0.2, -0.15) is 0 Å². The summed E-state index contributed by atoms with van der Waals surface area (Å²) in [6.07, 6.45) is 3.64. The number of carbonyl (C=O) groups is 1. The lowest BCUT2D eigenvalue weighted by atomic mass is 10.0. The van der Waals surface area contributed by atoms with Crippen LogP contribution in [0.2, 0.25) is 0 Å². The second kappa shape index (κ2) is 6.02. The molecule has 0 saturated carbocycles. The summed E-state index contributed by atoms with van der Waals surface area (Å²) in [6, 6.07) is 11.7. The highest BCUT2D eigenvalue weighted by atomic mass is 16.1. The third kappa shape index (κ3) is 2.86. The van der Waals surface area contributed by atoms with E-state index in [1.165, 1.54) is 5.56 Å². The van der Waals surface area contributed by atoms with Crippen molar-refractivity contribution in [3.05, 3.63) is 65.5 Å². The van der Waals surface area contributed by atoms with E-state index in [9.17, 15) is 4.79 Å². The summed E-state index contributed by atoms with van der Waals surface area (Å²) >= 11 is 0. The first-order valence-corrected chi connectivity index (χ1v) is 7.44. The van der Waals surface area contributed by atoms with Gasteiger partial charge in [0.1, 0.15) is 5.65 Å². The van der Waals surface area contributed by atoms with E-state index in [-0.39, 0.29) is 5.91 Å². The van der Waals surface area contributed by atoms with Crippen molar-refractivity contribution in [3.63, 3.8) is 0 Å². The Morgan fingerprint density at radius 3 is 2.73 bits per heavy atom. The largest absolute Gasteiger partial charge is 0.348 e. The molecule has 0 aliphatic heterocycles. The monoisotopic (exact) mass is 293 g/mol. The van der Waals surface area contributed by atoms with Crippen molar-refractivity contribution in [3.8, 4) is 0 Å². The third-order valence-electron chi connectivity index (χ3n) is 3.82. The van der Waals surface area contributed by atoms with Gasteiger partial charge < -0.3 is 10.3 Å². The third-order valence-corrected chi connectivity index (χ3v) is 3.82. The van der Waals surface area contributed by atoms with Crippen LogP contribution in [0.4, 0.5) is 0 Å². The van der Waals surface area contributed by atoms with Crippen LogP contribution in [0, 0.1) is 0 Å². The minimum atomic E-state index is -0.0615. The smallest absolute Gasteiger partial charge is 0.251 e. The zero-order valence-corrected chi connectivity index (χ0v) is 12.8. The van der Waals surface area contributed by atoms with Crippen LogP contribution in [0.3, 0.4) is 0 Å². The molecule has 22 heavy (non-hydrogen) atoms. The SMILES string of the molecule is CC(C)c1ccc(C(=O)NCc2c[nH]c3ncccc23)cc1. The molecule has 0 fully saturated rings. The quantitative estimate of drug-likeness (QED) is 0.772. The molecule has 3 rings (SSSR count). The first-order valence-electron chi connectivity index (χ1n) is 7.44. The van der Waals surface area contributed by atoms with Gasteiger partial charge in [0, 0.05) is 29.9 Å². The number of H-pyrrole nitrogens is 1. The van der Waals surface area contributed by atoms with Crippen LogP contribution < -0.4 is 5.32 Å². The molecule has 4 nitrogen and oxygen atoms in total. The Kier molecular flexibility index (Phi) is 3.92. The van der Waals surface area contributed by atoms with E-state index in [0.29, 0.717) is 18.0 Å². The minimum Gasteiger partial charge on any atom is -0.348 e. The summed E-state index contributed by atoms with van der Waals surface area (Å²) in [5.41, 5.74) is 3.80. The maximum absolute atomic E-state index is 12.2. The van der Waals surface area contributed by atoms with Gasteiger partial charge in [-0.25, -0.2) is 4.98 Å².